The summed E-state index contributed by atoms with van der Waals surface area (Å²) in [6.45, 7) is 6.48. The van der Waals surface area contributed by atoms with E-state index in [1.54, 1.807) is 0 Å². The van der Waals surface area contributed by atoms with Gasteiger partial charge in [-0.25, -0.2) is 4.98 Å². The number of nitrogens with zero attached hydrogens (tertiary/aromatic N) is 1. The lowest BCUT2D eigenvalue weighted by atomic mass is 9.87. The second-order valence-electron chi connectivity index (χ2n) is 7.96. The summed E-state index contributed by atoms with van der Waals surface area (Å²) in [6.07, 6.45) is 0. The molecule has 1 heterocycles. The molecule has 0 unspecified atom stereocenters. The van der Waals surface area contributed by atoms with E-state index in [4.69, 9.17) is 0 Å². The van der Waals surface area contributed by atoms with Crippen molar-refractivity contribution < 1.29 is 4.79 Å². The molecule has 0 saturated heterocycles. The van der Waals surface area contributed by atoms with Crippen LogP contribution in [0.25, 0.3) is 22.4 Å². The number of benzene rings is 3. The molecule has 0 aliphatic heterocycles. The van der Waals surface area contributed by atoms with Crippen LogP contribution in [0.1, 0.15) is 36.7 Å². The lowest BCUT2D eigenvalue weighted by Crippen LogP contribution is -2.14. The monoisotopic (exact) mass is 369 g/mol. The second kappa shape index (κ2) is 6.97. The summed E-state index contributed by atoms with van der Waals surface area (Å²) < 4.78 is 0. The smallest absolute Gasteiger partial charge is 0.255 e. The van der Waals surface area contributed by atoms with Crippen molar-refractivity contribution >= 4 is 22.6 Å². The van der Waals surface area contributed by atoms with Crippen molar-refractivity contribution in [2.45, 2.75) is 26.2 Å². The number of carbonyl (C=O) groups excluding carboxylic acids is 1. The van der Waals surface area contributed by atoms with E-state index in [-0.39, 0.29) is 11.3 Å². The van der Waals surface area contributed by atoms with E-state index in [0.717, 1.165) is 28.1 Å². The standard InChI is InChI=1S/C24H23N3O/c1-24(2,3)18-12-8-17(9-13-18)23(28)25-19-14-10-16(11-15-19)22-26-20-6-4-5-7-21(20)27-22/h4-15H,1-3H3,(H,25,28)(H,26,27). The van der Waals surface area contributed by atoms with Crippen molar-refractivity contribution in [1.82, 2.24) is 9.97 Å². The van der Waals surface area contributed by atoms with E-state index in [1.165, 1.54) is 5.56 Å². The van der Waals surface area contributed by atoms with Gasteiger partial charge in [-0.3, -0.25) is 4.79 Å². The maximum absolute atomic E-state index is 12.5. The maximum atomic E-state index is 12.5. The highest BCUT2D eigenvalue weighted by molar-refractivity contribution is 6.04. The lowest BCUT2D eigenvalue weighted by molar-refractivity contribution is 0.102. The van der Waals surface area contributed by atoms with Gasteiger partial charge in [-0.05, 0) is 59.5 Å². The van der Waals surface area contributed by atoms with Crippen LogP contribution in [0.2, 0.25) is 0 Å². The molecule has 0 radical (unpaired) electrons. The van der Waals surface area contributed by atoms with Crippen LogP contribution in [0, 0.1) is 0 Å². The fraction of sp³-hybridized carbons (Fsp3) is 0.167. The van der Waals surface area contributed by atoms with E-state index in [0.29, 0.717) is 5.56 Å². The molecule has 1 amide bonds. The number of aromatic amines is 1. The topological polar surface area (TPSA) is 57.8 Å². The number of carbonyl (C=O) groups is 1. The van der Waals surface area contributed by atoms with Crippen LogP contribution in [-0.2, 0) is 5.41 Å². The number of aromatic nitrogens is 2. The fourth-order valence-corrected chi connectivity index (χ4v) is 3.13. The van der Waals surface area contributed by atoms with Gasteiger partial charge < -0.3 is 10.3 Å². The Labute approximate surface area is 164 Å². The number of hydrogen-bond donors (Lipinski definition) is 2. The number of nitrogens with one attached hydrogen (secondary N) is 2. The van der Waals surface area contributed by atoms with Gasteiger partial charge in [-0.1, -0.05) is 45.0 Å². The Kier molecular flexibility index (Phi) is 4.47. The molecule has 0 aliphatic rings. The highest BCUT2D eigenvalue weighted by Crippen LogP contribution is 2.24. The SMILES string of the molecule is CC(C)(C)c1ccc(C(=O)Nc2ccc(-c3nc4ccccc4[nH]3)cc2)cc1. The summed E-state index contributed by atoms with van der Waals surface area (Å²) in [4.78, 5) is 20.4. The third-order valence-electron chi connectivity index (χ3n) is 4.82. The van der Waals surface area contributed by atoms with Gasteiger partial charge in [0.1, 0.15) is 5.82 Å². The molecule has 0 bridgehead atoms. The van der Waals surface area contributed by atoms with Gasteiger partial charge in [0.25, 0.3) is 5.91 Å². The minimum atomic E-state index is -0.114. The summed E-state index contributed by atoms with van der Waals surface area (Å²) in [7, 11) is 0. The third-order valence-corrected chi connectivity index (χ3v) is 4.82. The zero-order valence-electron chi connectivity index (χ0n) is 16.3. The molecule has 0 spiro atoms. The van der Waals surface area contributed by atoms with Gasteiger partial charge in [0.05, 0.1) is 11.0 Å². The zero-order chi connectivity index (χ0) is 19.7. The van der Waals surface area contributed by atoms with Crippen molar-refractivity contribution in [3.05, 3.63) is 83.9 Å². The van der Waals surface area contributed by atoms with E-state index >= 15 is 0 Å². The van der Waals surface area contributed by atoms with Gasteiger partial charge in [0, 0.05) is 16.8 Å². The van der Waals surface area contributed by atoms with Gasteiger partial charge >= 0.3 is 0 Å². The van der Waals surface area contributed by atoms with Crippen LogP contribution in [0.3, 0.4) is 0 Å². The van der Waals surface area contributed by atoms with Crippen molar-refractivity contribution in [3.63, 3.8) is 0 Å². The zero-order valence-corrected chi connectivity index (χ0v) is 16.3. The number of hydrogen-bond acceptors (Lipinski definition) is 2. The number of fused-ring (bicyclic) bond motifs is 1. The summed E-state index contributed by atoms with van der Waals surface area (Å²) >= 11 is 0. The molecule has 28 heavy (non-hydrogen) atoms. The molecule has 4 aromatic rings. The summed E-state index contributed by atoms with van der Waals surface area (Å²) in [5.41, 5.74) is 5.60. The highest BCUT2D eigenvalue weighted by Gasteiger charge is 2.14. The van der Waals surface area contributed by atoms with Crippen LogP contribution in [0.4, 0.5) is 5.69 Å². The molecule has 3 aromatic carbocycles. The normalized spacial score (nSPS) is 11.5. The average molecular weight is 369 g/mol. The molecule has 1 aromatic heterocycles. The molecule has 2 N–H and O–H groups in total. The molecule has 0 aliphatic carbocycles. The number of H-pyrrole nitrogens is 1. The number of amides is 1. The van der Waals surface area contributed by atoms with Gasteiger partial charge in [-0.2, -0.15) is 0 Å². The first kappa shape index (κ1) is 18.0. The first-order chi connectivity index (χ1) is 13.4. The lowest BCUT2D eigenvalue weighted by Gasteiger charge is -2.19. The molecule has 140 valence electrons. The average Bonchev–Trinajstić information content (AvgIpc) is 3.12. The van der Waals surface area contributed by atoms with Crippen molar-refractivity contribution in [3.8, 4) is 11.4 Å². The Morgan fingerprint density at radius 1 is 0.893 bits per heavy atom. The summed E-state index contributed by atoms with van der Waals surface area (Å²) in [5.74, 6) is 0.703. The molecule has 4 heteroatoms. The first-order valence-electron chi connectivity index (χ1n) is 9.37. The van der Waals surface area contributed by atoms with Crippen LogP contribution in [0.5, 0.6) is 0 Å². The highest BCUT2D eigenvalue weighted by atomic mass is 16.1. The minimum absolute atomic E-state index is 0.0709. The number of rotatable bonds is 3. The molecular formula is C24H23N3O. The van der Waals surface area contributed by atoms with Gasteiger partial charge in [0.15, 0.2) is 0 Å². The predicted octanol–water partition coefficient (Wildman–Crippen LogP) is 5.78. The van der Waals surface area contributed by atoms with Crippen LogP contribution >= 0.6 is 0 Å². The second-order valence-corrected chi connectivity index (χ2v) is 7.96. The van der Waals surface area contributed by atoms with E-state index in [9.17, 15) is 4.79 Å². The molecular weight excluding hydrogens is 346 g/mol. The van der Waals surface area contributed by atoms with Crippen molar-refractivity contribution in [2.75, 3.05) is 5.32 Å². The van der Waals surface area contributed by atoms with Crippen molar-refractivity contribution in [1.29, 1.82) is 0 Å². The third kappa shape index (κ3) is 3.67. The van der Waals surface area contributed by atoms with Gasteiger partial charge in [0.2, 0.25) is 0 Å². The summed E-state index contributed by atoms with van der Waals surface area (Å²) in [5, 5.41) is 2.95. The Hall–Kier alpha value is -3.40. The van der Waals surface area contributed by atoms with E-state index in [2.05, 4.69) is 36.1 Å². The Balaban J connectivity index is 1.49. The molecule has 4 nitrogen and oxygen atoms in total. The summed E-state index contributed by atoms with van der Waals surface area (Å²) in [6, 6.07) is 23.4. The Bertz CT molecular complexity index is 1080. The quantitative estimate of drug-likeness (QED) is 0.481. The van der Waals surface area contributed by atoms with Crippen molar-refractivity contribution in [2.24, 2.45) is 0 Å². The first-order valence-corrected chi connectivity index (χ1v) is 9.37. The molecule has 0 atom stereocenters. The molecule has 4 rings (SSSR count). The molecule has 0 fully saturated rings. The predicted molar refractivity (Wildman–Crippen MR) is 115 cm³/mol. The minimum Gasteiger partial charge on any atom is -0.338 e. The molecule has 0 saturated carbocycles. The van der Waals surface area contributed by atoms with E-state index in [1.807, 2.05) is 72.8 Å². The number of para-hydroxylation sites is 2. The Morgan fingerprint density at radius 2 is 1.57 bits per heavy atom. The van der Waals surface area contributed by atoms with Crippen LogP contribution in [0.15, 0.2) is 72.8 Å². The van der Waals surface area contributed by atoms with Crippen LogP contribution < -0.4 is 5.32 Å². The largest absolute Gasteiger partial charge is 0.338 e. The van der Waals surface area contributed by atoms with Crippen LogP contribution in [-0.4, -0.2) is 15.9 Å². The number of imidazole rings is 1. The van der Waals surface area contributed by atoms with E-state index < -0.39 is 0 Å². The maximum Gasteiger partial charge on any atom is 0.255 e. The van der Waals surface area contributed by atoms with Gasteiger partial charge in [-0.15, -0.1) is 0 Å². The number of anilines is 1. The Morgan fingerprint density at radius 3 is 2.21 bits per heavy atom. The fourth-order valence-electron chi connectivity index (χ4n) is 3.13.